The van der Waals surface area contributed by atoms with Crippen molar-refractivity contribution in [2.24, 2.45) is 5.92 Å². The first-order chi connectivity index (χ1) is 56.5. The number of benzene rings is 5. The van der Waals surface area contributed by atoms with Crippen LogP contribution in [0.2, 0.25) is 0 Å². The van der Waals surface area contributed by atoms with Gasteiger partial charge >= 0.3 is 40.9 Å². The maximum Gasteiger partial charge on any atom is 0.425 e. The molecule has 2 heterocycles. The summed E-state index contributed by atoms with van der Waals surface area (Å²) in [5, 5.41) is 29.0. The van der Waals surface area contributed by atoms with Gasteiger partial charge in [-0.3, -0.25) is 33.1 Å². The first kappa shape index (κ1) is 98.6. The molecule has 0 spiro atoms. The molecule has 5 aromatic rings. The fraction of sp³-hybridized carbons (Fsp3) is 0.448. The van der Waals surface area contributed by atoms with Crippen LogP contribution in [0.5, 0.6) is 5.75 Å². The number of carboxylic acids is 2. The number of hydrogen-bond donors (Lipinski definition) is 8. The van der Waals surface area contributed by atoms with E-state index in [1.165, 1.54) is 12.1 Å². The van der Waals surface area contributed by atoms with Gasteiger partial charge in [0.1, 0.15) is 29.9 Å². The monoisotopic (exact) mass is 1700 g/mol. The predicted octanol–water partition coefficient (Wildman–Crippen LogP) is 12.3. The Morgan fingerprint density at radius 2 is 1.18 bits per heavy atom. The minimum Gasteiger partial charge on any atom is -0.481 e. The number of nitrogens with one attached hydrogen (secondary N) is 4. The molecule has 0 radical (unpaired) electrons. The number of urea groups is 1. The van der Waals surface area contributed by atoms with Gasteiger partial charge in [-0.1, -0.05) is 145 Å². The van der Waals surface area contributed by atoms with Crippen molar-refractivity contribution < 1.29 is 111 Å². The van der Waals surface area contributed by atoms with E-state index in [0.717, 1.165) is 126 Å². The second-order valence-corrected chi connectivity index (χ2v) is 33.4. The van der Waals surface area contributed by atoms with Gasteiger partial charge in [-0.15, -0.1) is 12.6 Å². The summed E-state index contributed by atoms with van der Waals surface area (Å²) < 4.78 is 105. The van der Waals surface area contributed by atoms with Gasteiger partial charge in [-0.2, -0.15) is 40.6 Å². The van der Waals surface area contributed by atoms with Gasteiger partial charge in [0.05, 0.1) is 21.2 Å². The number of Topliss-reactive ketones (excluding diaryl/α,β-unsaturated/α-hetero) is 2. The van der Waals surface area contributed by atoms with Crippen LogP contribution in [0.15, 0.2) is 178 Å². The molecule has 642 valence electrons. The highest BCUT2D eigenvalue weighted by atomic mass is 32.2. The standard InChI is InChI=1S/C85H108N6O16S2.2CO2.O3S/c1-7-9-23-53-91-74-45-42-68(109(104,105)106)58-70(74)85(5,6)77(91)47-38-63-31-24-30-62(37-46-76-84(3,4)69-57-67(108(101,102)103)41-44-73(69)90(76)52-10-8-2)80(63)107-66-39-35-59(36-40-66)49-51-86-81(97)64(54-60-26-17-15-18-27-60)56-75(93)72(55-61-28-19-16-20-29-61)88-78(94)34-22-14-12-11-13-21-32-65(92)33-25-50-87-83(100)89-71(82(98)99)43-48-79(95)96;2*2-1-3;1-4(2)3/h15-20,26-29,35-42,44-47,57-58,64,71-72H,7-14,21-25,30-34,43,48-56H2,1-6H3,(H7-,86,87,88,89,94,95,96,97,98,99,100,101,102,103,104,105,106);;;/p+1/t64-,71-,72+;;;/m1.../s1. The third-order valence-corrected chi connectivity index (χ3v) is 22.4. The number of allylic oxidation sites excluding steroid dienone is 7. The molecular weight excluding hydrogens is 1590 g/mol. The largest absolute Gasteiger partial charge is 0.481 e. The molecule has 0 fully saturated rings. The van der Waals surface area contributed by atoms with Crippen molar-refractivity contribution in [2.75, 3.05) is 31.1 Å². The van der Waals surface area contributed by atoms with Gasteiger partial charge in [0.25, 0.3) is 20.2 Å². The predicted molar refractivity (Wildman–Crippen MR) is 441 cm³/mol. The zero-order chi connectivity index (χ0) is 87.9. The van der Waals surface area contributed by atoms with Crippen molar-refractivity contribution >= 4 is 102 Å². The SMILES string of the molecule is CCCCC[N+]1=C(/C=C/C2=C(Oc3ccc(CCNC(=O)[C@@H](CC(=O)[C@H](Cc4ccccc4)NC(=O)CCCCCCCCC(=O)CCCNC(=O)N[C@H](CCC(=O)O)C(=O)O)Cc4ccccc4)cc3)C(=C/C=C3/N(CCCC)c4ccc(S(=O)(=O)O)cc4C3(C)C)/CCC2)C(C)(C)c2cc(S(=O)(=O)O)ccc21.O=C=O.O=C=O.O=S(=O)=O. The molecule has 0 unspecified atom stereocenters. The minimum absolute atomic E-state index is 0.0432. The van der Waals surface area contributed by atoms with Crippen LogP contribution in [-0.2, 0) is 109 Å². The van der Waals surface area contributed by atoms with E-state index in [4.69, 9.17) is 41.6 Å². The molecule has 3 atom stereocenters. The molecule has 8 N–H and O–H groups in total. The highest BCUT2D eigenvalue weighted by Crippen LogP contribution is 2.49. The number of aliphatic carboxylic acids is 2. The van der Waals surface area contributed by atoms with E-state index in [-0.39, 0.29) is 90.7 Å². The van der Waals surface area contributed by atoms with Crippen molar-refractivity contribution in [1.82, 2.24) is 21.3 Å². The fourth-order valence-electron chi connectivity index (χ4n) is 14.5. The van der Waals surface area contributed by atoms with Gasteiger partial charge in [-0.25, -0.2) is 9.59 Å². The number of carbonyl (C=O) groups is 7. The number of amides is 4. The number of fused-ring (bicyclic) bond motifs is 2. The molecule has 0 bridgehead atoms. The summed E-state index contributed by atoms with van der Waals surface area (Å²) in [6.45, 7) is 14.3. The lowest BCUT2D eigenvalue weighted by Gasteiger charge is -2.27. The van der Waals surface area contributed by atoms with Gasteiger partial charge < -0.3 is 41.1 Å². The summed E-state index contributed by atoms with van der Waals surface area (Å²) >= 11 is 0. The van der Waals surface area contributed by atoms with Crippen LogP contribution in [0.1, 0.15) is 204 Å². The first-order valence-corrected chi connectivity index (χ1v) is 43.6. The molecule has 3 aliphatic rings. The number of nitrogens with zero attached hydrogens (tertiary/aromatic N) is 2. The van der Waals surface area contributed by atoms with Crippen molar-refractivity contribution in [3.8, 4) is 5.75 Å². The van der Waals surface area contributed by atoms with Crippen LogP contribution in [0.25, 0.3) is 0 Å². The average Bonchev–Trinajstić information content (AvgIpc) is 1.59. The minimum atomic E-state index is -4.48. The van der Waals surface area contributed by atoms with E-state index >= 15 is 0 Å². The first-order valence-electron chi connectivity index (χ1n) is 39.7. The Morgan fingerprint density at radius 1 is 0.605 bits per heavy atom. The van der Waals surface area contributed by atoms with Gasteiger partial charge in [0.15, 0.2) is 11.5 Å². The van der Waals surface area contributed by atoms with Crippen molar-refractivity contribution in [2.45, 2.75) is 228 Å². The Morgan fingerprint density at radius 3 is 1.76 bits per heavy atom. The number of anilines is 1. The molecule has 0 aromatic heterocycles. The summed E-state index contributed by atoms with van der Waals surface area (Å²) in [7, 11) is -12.1. The maximum atomic E-state index is 14.6. The highest BCUT2D eigenvalue weighted by molar-refractivity contribution is 7.86. The number of unbranched alkanes of at least 4 members (excludes halogenated alkanes) is 8. The number of carboxylic acid groups (broad SMARTS) is 2. The van der Waals surface area contributed by atoms with E-state index in [1.807, 2.05) is 84.9 Å². The zero-order valence-corrected chi connectivity index (χ0v) is 70.5. The molecule has 0 saturated carbocycles. The van der Waals surface area contributed by atoms with E-state index in [1.54, 1.807) is 24.3 Å². The topological polar surface area (TPSA) is 452 Å². The summed E-state index contributed by atoms with van der Waals surface area (Å²) in [6, 6.07) is 33.3. The van der Waals surface area contributed by atoms with Crippen LogP contribution >= 0.6 is 0 Å². The van der Waals surface area contributed by atoms with Gasteiger partial charge in [-0.05, 0) is 179 Å². The lowest BCUT2D eigenvalue weighted by molar-refractivity contribution is -0.438. The lowest BCUT2D eigenvalue weighted by atomic mass is 9.81. The number of carbonyl (C=O) groups excluding carboxylic acids is 9. The molecule has 32 heteroatoms. The summed E-state index contributed by atoms with van der Waals surface area (Å²) in [5.41, 5.74) is 8.47. The second-order valence-electron chi connectivity index (χ2n) is 30.1. The Bertz CT molecular complexity index is 4900. The van der Waals surface area contributed by atoms with Gasteiger partial charge in [0.2, 0.25) is 17.5 Å². The molecule has 119 heavy (non-hydrogen) atoms. The third-order valence-electron chi connectivity index (χ3n) is 20.7. The Hall–Kier alpha value is -11.0. The van der Waals surface area contributed by atoms with Crippen molar-refractivity contribution in [3.05, 3.63) is 196 Å². The highest BCUT2D eigenvalue weighted by Gasteiger charge is 2.46. The zero-order valence-electron chi connectivity index (χ0n) is 68.1. The van der Waals surface area contributed by atoms with Crippen LogP contribution in [0, 0.1) is 5.92 Å². The molecular formula is C87H109N6O23S3+. The molecule has 2 aliphatic heterocycles. The second kappa shape index (κ2) is 49.4. The Balaban J connectivity index is 0.00000239. The van der Waals surface area contributed by atoms with Crippen LogP contribution in [0.3, 0.4) is 0 Å². The van der Waals surface area contributed by atoms with Crippen LogP contribution in [0.4, 0.5) is 16.2 Å². The lowest BCUT2D eigenvalue weighted by Crippen LogP contribution is -2.46. The third kappa shape index (κ3) is 32.3. The normalized spacial score (nSPS) is 15.2. The fourth-order valence-corrected chi connectivity index (χ4v) is 15.6. The molecule has 8 rings (SSSR count). The van der Waals surface area contributed by atoms with Gasteiger partial charge in [0, 0.05) is 98.6 Å². The maximum absolute atomic E-state index is 14.6. The molecule has 1 aliphatic carbocycles. The number of hydrogen-bond acceptors (Lipinski definition) is 20. The molecule has 4 amide bonds. The molecule has 5 aromatic carbocycles. The van der Waals surface area contributed by atoms with Crippen LogP contribution in [-0.4, -0.2) is 151 Å². The Labute approximate surface area is 696 Å². The number of ketones is 2. The smallest absolute Gasteiger partial charge is 0.425 e. The van der Waals surface area contributed by atoms with E-state index in [2.05, 4.69) is 96.6 Å². The van der Waals surface area contributed by atoms with E-state index in [9.17, 15) is 64.6 Å². The molecule has 0 saturated heterocycles. The summed E-state index contributed by atoms with van der Waals surface area (Å²) in [6.07, 6.45) is 21.8. The Kier molecular flexibility index (Phi) is 40.9. The number of rotatable bonds is 44. The van der Waals surface area contributed by atoms with Crippen molar-refractivity contribution in [3.63, 3.8) is 0 Å². The van der Waals surface area contributed by atoms with E-state index < -0.39 is 84.1 Å². The van der Waals surface area contributed by atoms with Crippen molar-refractivity contribution in [1.29, 1.82) is 0 Å². The molecule has 29 nitrogen and oxygen atoms in total. The quantitative estimate of drug-likeness (QED) is 0.0102. The summed E-state index contributed by atoms with van der Waals surface area (Å²) in [5.74, 6) is -2.79. The van der Waals surface area contributed by atoms with E-state index in [0.29, 0.717) is 76.0 Å². The number of ether oxygens (including phenoxy) is 1. The van der Waals surface area contributed by atoms with Crippen LogP contribution < -0.4 is 30.9 Å². The average molecular weight is 1700 g/mol. The summed E-state index contributed by atoms with van der Waals surface area (Å²) in [4.78, 5) is 124.